The minimum atomic E-state index is -0.681. The molecule has 0 bridgehead atoms. The molecule has 30 heavy (non-hydrogen) atoms. The summed E-state index contributed by atoms with van der Waals surface area (Å²) < 4.78 is 16.6. The van der Waals surface area contributed by atoms with Gasteiger partial charge in [-0.3, -0.25) is 4.79 Å². The van der Waals surface area contributed by atoms with Crippen molar-refractivity contribution < 1.29 is 18.7 Å². The zero-order valence-electron chi connectivity index (χ0n) is 16.2. The predicted octanol–water partition coefficient (Wildman–Crippen LogP) is 4.93. The summed E-state index contributed by atoms with van der Waals surface area (Å²) in [4.78, 5) is 12.4. The molecular formula is C23H19N3O4. The Hall–Kier alpha value is -4.13. The van der Waals surface area contributed by atoms with Gasteiger partial charge in [-0.2, -0.15) is 0 Å². The van der Waals surface area contributed by atoms with E-state index in [2.05, 4.69) is 15.5 Å². The van der Waals surface area contributed by atoms with Gasteiger partial charge in [0.15, 0.2) is 6.10 Å². The topological polar surface area (TPSA) is 86.5 Å². The Bertz CT molecular complexity index is 1080. The van der Waals surface area contributed by atoms with Crippen LogP contribution in [0, 0.1) is 0 Å². The first-order valence-electron chi connectivity index (χ1n) is 9.34. The fourth-order valence-electron chi connectivity index (χ4n) is 2.71. The van der Waals surface area contributed by atoms with E-state index >= 15 is 0 Å². The van der Waals surface area contributed by atoms with E-state index in [0.29, 0.717) is 23.1 Å². The molecule has 1 N–H and O–H groups in total. The summed E-state index contributed by atoms with van der Waals surface area (Å²) in [7, 11) is 0. The van der Waals surface area contributed by atoms with Gasteiger partial charge >= 0.3 is 0 Å². The number of benzene rings is 3. The van der Waals surface area contributed by atoms with Crippen molar-refractivity contribution in [2.45, 2.75) is 13.0 Å². The van der Waals surface area contributed by atoms with Crippen molar-refractivity contribution in [1.82, 2.24) is 10.2 Å². The van der Waals surface area contributed by atoms with Crippen LogP contribution in [0.2, 0.25) is 0 Å². The molecule has 0 saturated carbocycles. The summed E-state index contributed by atoms with van der Waals surface area (Å²) in [5.41, 5.74) is 1.43. The van der Waals surface area contributed by atoms with Crippen molar-refractivity contribution in [3.8, 4) is 28.7 Å². The van der Waals surface area contributed by atoms with Crippen LogP contribution < -0.4 is 14.8 Å². The Morgan fingerprint density at radius 2 is 1.57 bits per heavy atom. The first-order valence-corrected chi connectivity index (χ1v) is 9.34. The van der Waals surface area contributed by atoms with Crippen LogP contribution in [0.4, 0.5) is 5.69 Å². The van der Waals surface area contributed by atoms with Crippen molar-refractivity contribution >= 4 is 11.6 Å². The van der Waals surface area contributed by atoms with Crippen LogP contribution in [0.1, 0.15) is 6.92 Å². The van der Waals surface area contributed by atoms with Crippen LogP contribution in [0.15, 0.2) is 89.7 Å². The Morgan fingerprint density at radius 1 is 0.900 bits per heavy atom. The second kappa shape index (κ2) is 8.91. The minimum Gasteiger partial charge on any atom is -0.481 e. The van der Waals surface area contributed by atoms with E-state index < -0.39 is 6.10 Å². The van der Waals surface area contributed by atoms with Gasteiger partial charge in [0.1, 0.15) is 17.2 Å². The molecule has 1 amide bonds. The van der Waals surface area contributed by atoms with E-state index in [1.807, 2.05) is 30.3 Å². The fourth-order valence-corrected chi connectivity index (χ4v) is 2.71. The normalized spacial score (nSPS) is 11.5. The lowest BCUT2D eigenvalue weighted by molar-refractivity contribution is -0.122. The van der Waals surface area contributed by atoms with Crippen molar-refractivity contribution in [2.24, 2.45) is 0 Å². The monoisotopic (exact) mass is 401 g/mol. The summed E-state index contributed by atoms with van der Waals surface area (Å²) in [5.74, 6) is 2.17. The Kier molecular flexibility index (Phi) is 5.70. The number of para-hydroxylation sites is 1. The highest BCUT2D eigenvalue weighted by molar-refractivity contribution is 5.94. The van der Waals surface area contributed by atoms with Gasteiger partial charge in [0.2, 0.25) is 12.3 Å². The lowest BCUT2D eigenvalue weighted by Crippen LogP contribution is -2.30. The average molecular weight is 401 g/mol. The highest BCUT2D eigenvalue weighted by Gasteiger charge is 2.15. The maximum atomic E-state index is 12.4. The summed E-state index contributed by atoms with van der Waals surface area (Å²) >= 11 is 0. The zero-order valence-corrected chi connectivity index (χ0v) is 16.2. The number of ether oxygens (including phenoxy) is 2. The molecule has 7 nitrogen and oxygen atoms in total. The highest BCUT2D eigenvalue weighted by atomic mass is 16.5. The standard InChI is InChI=1S/C23H19N3O4/c1-16(29-20-11-7-17(8-12-20)23-26-24-15-28-23)22(27)25-18-9-13-21(14-10-18)30-19-5-3-2-4-6-19/h2-16H,1H3,(H,25,27)/t16-/m0/s1. The Balaban J connectivity index is 1.32. The van der Waals surface area contributed by atoms with Crippen molar-refractivity contribution in [1.29, 1.82) is 0 Å². The fraction of sp³-hybridized carbons (Fsp3) is 0.0870. The molecule has 0 aliphatic carbocycles. The average Bonchev–Trinajstić information content (AvgIpc) is 3.31. The van der Waals surface area contributed by atoms with E-state index in [1.165, 1.54) is 6.39 Å². The third-order valence-electron chi connectivity index (χ3n) is 4.24. The zero-order chi connectivity index (χ0) is 20.8. The van der Waals surface area contributed by atoms with Crippen LogP contribution >= 0.6 is 0 Å². The number of rotatable bonds is 7. The van der Waals surface area contributed by atoms with Crippen molar-refractivity contribution in [2.75, 3.05) is 5.32 Å². The lowest BCUT2D eigenvalue weighted by atomic mass is 10.2. The molecule has 0 radical (unpaired) electrons. The number of hydrogen-bond donors (Lipinski definition) is 1. The third kappa shape index (κ3) is 4.82. The summed E-state index contributed by atoms with van der Waals surface area (Å²) in [6.07, 6.45) is 0.589. The molecule has 1 aromatic heterocycles. The molecule has 0 unspecified atom stereocenters. The number of hydrogen-bond acceptors (Lipinski definition) is 6. The number of amides is 1. The first-order chi connectivity index (χ1) is 14.7. The third-order valence-corrected chi connectivity index (χ3v) is 4.24. The molecule has 3 aromatic carbocycles. The molecular weight excluding hydrogens is 382 g/mol. The van der Waals surface area contributed by atoms with Gasteiger partial charge in [-0.1, -0.05) is 18.2 Å². The van der Waals surface area contributed by atoms with Gasteiger partial charge in [-0.05, 0) is 67.6 Å². The number of aromatic nitrogens is 2. The molecule has 1 atom stereocenters. The molecule has 4 rings (SSSR count). The van der Waals surface area contributed by atoms with Crippen molar-refractivity contribution in [3.63, 3.8) is 0 Å². The van der Waals surface area contributed by atoms with Gasteiger partial charge in [-0.15, -0.1) is 10.2 Å². The maximum absolute atomic E-state index is 12.4. The van der Waals surface area contributed by atoms with E-state index in [4.69, 9.17) is 13.9 Å². The molecule has 1 heterocycles. The lowest BCUT2D eigenvalue weighted by Gasteiger charge is -2.15. The molecule has 0 fully saturated rings. The molecule has 4 aromatic rings. The Labute approximate surface area is 173 Å². The van der Waals surface area contributed by atoms with E-state index in [0.717, 1.165) is 11.3 Å². The molecule has 150 valence electrons. The van der Waals surface area contributed by atoms with E-state index in [9.17, 15) is 4.79 Å². The van der Waals surface area contributed by atoms with Crippen LogP contribution in [0.5, 0.6) is 17.2 Å². The minimum absolute atomic E-state index is 0.257. The molecule has 7 heteroatoms. The number of carbonyl (C=O) groups excluding carboxylic acids is 1. The molecule has 0 spiro atoms. The quantitative estimate of drug-likeness (QED) is 0.472. The number of anilines is 1. The van der Waals surface area contributed by atoms with E-state index in [-0.39, 0.29) is 5.91 Å². The van der Waals surface area contributed by atoms with Gasteiger partial charge < -0.3 is 19.2 Å². The van der Waals surface area contributed by atoms with Crippen LogP contribution in [0.25, 0.3) is 11.5 Å². The van der Waals surface area contributed by atoms with Crippen LogP contribution in [-0.2, 0) is 4.79 Å². The summed E-state index contributed by atoms with van der Waals surface area (Å²) in [6, 6.07) is 23.7. The van der Waals surface area contributed by atoms with Crippen LogP contribution in [0.3, 0.4) is 0 Å². The summed E-state index contributed by atoms with van der Waals surface area (Å²) in [6.45, 7) is 1.69. The molecule has 0 aliphatic heterocycles. The summed E-state index contributed by atoms with van der Waals surface area (Å²) in [5, 5.41) is 10.3. The largest absolute Gasteiger partial charge is 0.481 e. The number of carbonyl (C=O) groups is 1. The van der Waals surface area contributed by atoms with Crippen LogP contribution in [-0.4, -0.2) is 22.2 Å². The van der Waals surface area contributed by atoms with Gasteiger partial charge in [0.05, 0.1) is 0 Å². The molecule has 0 aliphatic rings. The second-order valence-corrected chi connectivity index (χ2v) is 6.46. The van der Waals surface area contributed by atoms with Gasteiger partial charge in [0, 0.05) is 11.3 Å². The number of nitrogens with zero attached hydrogens (tertiary/aromatic N) is 2. The highest BCUT2D eigenvalue weighted by Crippen LogP contribution is 2.23. The maximum Gasteiger partial charge on any atom is 0.265 e. The van der Waals surface area contributed by atoms with E-state index in [1.54, 1.807) is 55.5 Å². The van der Waals surface area contributed by atoms with Gasteiger partial charge in [0.25, 0.3) is 5.91 Å². The molecule has 0 saturated heterocycles. The smallest absolute Gasteiger partial charge is 0.265 e. The number of nitrogens with one attached hydrogen (secondary N) is 1. The van der Waals surface area contributed by atoms with Crippen molar-refractivity contribution in [3.05, 3.63) is 85.3 Å². The van der Waals surface area contributed by atoms with Gasteiger partial charge in [-0.25, -0.2) is 0 Å². The second-order valence-electron chi connectivity index (χ2n) is 6.46. The Morgan fingerprint density at radius 3 is 2.23 bits per heavy atom. The predicted molar refractivity (Wildman–Crippen MR) is 111 cm³/mol. The first kappa shape index (κ1) is 19.2. The SMILES string of the molecule is C[C@H](Oc1ccc(-c2nnco2)cc1)C(=O)Nc1ccc(Oc2ccccc2)cc1.